The van der Waals surface area contributed by atoms with E-state index in [2.05, 4.69) is 5.10 Å². The van der Waals surface area contributed by atoms with Crippen LogP contribution in [0.5, 0.6) is 0 Å². The minimum Gasteiger partial charge on any atom is -0.387 e. The molecule has 3 heteroatoms. The monoisotopic (exact) mass is 154 g/mol. The standard InChI is InChI=1S/C8H14N2O/c1-6(2)10-8(7(3)11)4-5-9-10/h4-7,11H,1-3H3/t7-/m1/s1. The van der Waals surface area contributed by atoms with Crippen LogP contribution in [0.4, 0.5) is 0 Å². The Morgan fingerprint density at radius 2 is 2.09 bits per heavy atom. The normalized spacial score (nSPS) is 13.9. The van der Waals surface area contributed by atoms with Gasteiger partial charge in [-0.1, -0.05) is 0 Å². The summed E-state index contributed by atoms with van der Waals surface area (Å²) in [7, 11) is 0. The quantitative estimate of drug-likeness (QED) is 0.701. The number of rotatable bonds is 2. The molecule has 0 aromatic carbocycles. The van der Waals surface area contributed by atoms with Crippen molar-refractivity contribution in [3.05, 3.63) is 18.0 Å². The first-order chi connectivity index (χ1) is 5.13. The lowest BCUT2D eigenvalue weighted by Gasteiger charge is -2.12. The molecule has 1 rings (SSSR count). The number of aromatic nitrogens is 2. The Balaban J connectivity index is 2.96. The van der Waals surface area contributed by atoms with Gasteiger partial charge in [0.25, 0.3) is 0 Å². The van der Waals surface area contributed by atoms with Gasteiger partial charge in [-0.3, -0.25) is 4.68 Å². The molecule has 0 spiro atoms. The summed E-state index contributed by atoms with van der Waals surface area (Å²) in [5.74, 6) is 0. The smallest absolute Gasteiger partial charge is 0.0928 e. The van der Waals surface area contributed by atoms with E-state index >= 15 is 0 Å². The Morgan fingerprint density at radius 1 is 1.45 bits per heavy atom. The zero-order chi connectivity index (χ0) is 8.43. The van der Waals surface area contributed by atoms with Gasteiger partial charge in [0.05, 0.1) is 11.8 Å². The average Bonchev–Trinajstić information content (AvgIpc) is 2.32. The molecule has 11 heavy (non-hydrogen) atoms. The van der Waals surface area contributed by atoms with Gasteiger partial charge in [0.2, 0.25) is 0 Å². The van der Waals surface area contributed by atoms with E-state index in [9.17, 15) is 5.11 Å². The van der Waals surface area contributed by atoms with E-state index in [-0.39, 0.29) is 0 Å². The highest BCUT2D eigenvalue weighted by atomic mass is 16.3. The second kappa shape index (κ2) is 3.05. The van der Waals surface area contributed by atoms with Crippen LogP contribution in [0.1, 0.15) is 38.6 Å². The number of hydrogen-bond acceptors (Lipinski definition) is 2. The third kappa shape index (κ3) is 1.60. The molecule has 0 amide bonds. The highest BCUT2D eigenvalue weighted by molar-refractivity contribution is 5.03. The molecule has 0 bridgehead atoms. The maximum Gasteiger partial charge on any atom is 0.0928 e. The Bertz CT molecular complexity index is 205. The highest BCUT2D eigenvalue weighted by Gasteiger charge is 2.09. The number of aliphatic hydroxyl groups is 1. The first-order valence-electron chi connectivity index (χ1n) is 3.84. The lowest BCUT2D eigenvalue weighted by Crippen LogP contribution is -2.09. The Kier molecular flexibility index (Phi) is 2.29. The molecule has 0 fully saturated rings. The first-order valence-corrected chi connectivity index (χ1v) is 3.84. The van der Waals surface area contributed by atoms with Gasteiger partial charge in [-0.15, -0.1) is 0 Å². The Hall–Kier alpha value is -0.830. The summed E-state index contributed by atoms with van der Waals surface area (Å²) in [6, 6.07) is 2.15. The molecule has 62 valence electrons. The summed E-state index contributed by atoms with van der Waals surface area (Å²) < 4.78 is 1.82. The molecule has 0 saturated carbocycles. The fraction of sp³-hybridized carbons (Fsp3) is 0.625. The fourth-order valence-corrected chi connectivity index (χ4v) is 1.09. The molecule has 0 aliphatic heterocycles. The molecular formula is C8H14N2O. The molecule has 0 saturated heterocycles. The highest BCUT2D eigenvalue weighted by Crippen LogP contribution is 2.14. The van der Waals surface area contributed by atoms with Crippen molar-refractivity contribution < 1.29 is 5.11 Å². The topological polar surface area (TPSA) is 38.0 Å². The SMILES string of the molecule is CC(C)n1nccc1[C@@H](C)O. The Morgan fingerprint density at radius 3 is 2.45 bits per heavy atom. The summed E-state index contributed by atoms with van der Waals surface area (Å²) in [5, 5.41) is 13.4. The van der Waals surface area contributed by atoms with Gasteiger partial charge in [-0.05, 0) is 26.8 Å². The molecular weight excluding hydrogens is 140 g/mol. The van der Waals surface area contributed by atoms with Crippen LogP contribution in [-0.2, 0) is 0 Å². The van der Waals surface area contributed by atoms with Crippen molar-refractivity contribution in [2.75, 3.05) is 0 Å². The van der Waals surface area contributed by atoms with E-state index < -0.39 is 6.10 Å². The number of nitrogens with zero attached hydrogens (tertiary/aromatic N) is 2. The van der Waals surface area contributed by atoms with Gasteiger partial charge in [0.15, 0.2) is 0 Å². The van der Waals surface area contributed by atoms with Crippen molar-refractivity contribution in [2.24, 2.45) is 0 Å². The molecule has 0 radical (unpaired) electrons. The van der Waals surface area contributed by atoms with Crippen molar-refractivity contribution in [1.82, 2.24) is 9.78 Å². The Labute approximate surface area is 66.7 Å². The van der Waals surface area contributed by atoms with Crippen LogP contribution in [0, 0.1) is 0 Å². The van der Waals surface area contributed by atoms with Crippen LogP contribution < -0.4 is 0 Å². The maximum absolute atomic E-state index is 9.28. The summed E-state index contributed by atoms with van der Waals surface area (Å²) >= 11 is 0. The second-order valence-electron chi connectivity index (χ2n) is 2.97. The minimum atomic E-state index is -0.431. The molecule has 1 aromatic heterocycles. The molecule has 0 aliphatic rings. The third-order valence-electron chi connectivity index (χ3n) is 1.62. The third-order valence-corrected chi connectivity index (χ3v) is 1.62. The van der Waals surface area contributed by atoms with Gasteiger partial charge in [0.1, 0.15) is 0 Å². The van der Waals surface area contributed by atoms with E-state index in [1.165, 1.54) is 0 Å². The lowest BCUT2D eigenvalue weighted by molar-refractivity contribution is 0.184. The molecule has 3 nitrogen and oxygen atoms in total. The van der Waals surface area contributed by atoms with Crippen LogP contribution in [0.3, 0.4) is 0 Å². The molecule has 1 aromatic rings. The zero-order valence-electron chi connectivity index (χ0n) is 7.15. The molecule has 1 N–H and O–H groups in total. The van der Waals surface area contributed by atoms with Crippen molar-refractivity contribution in [3.63, 3.8) is 0 Å². The maximum atomic E-state index is 9.28. The summed E-state index contributed by atoms with van der Waals surface area (Å²) in [6.07, 6.45) is 1.28. The van der Waals surface area contributed by atoms with Gasteiger partial charge >= 0.3 is 0 Å². The van der Waals surface area contributed by atoms with Crippen LogP contribution in [-0.4, -0.2) is 14.9 Å². The van der Waals surface area contributed by atoms with Gasteiger partial charge in [-0.2, -0.15) is 5.10 Å². The molecule has 0 unspecified atom stereocenters. The summed E-state index contributed by atoms with van der Waals surface area (Å²) in [6.45, 7) is 5.83. The second-order valence-corrected chi connectivity index (χ2v) is 2.97. The predicted octanol–water partition coefficient (Wildman–Crippen LogP) is 1.52. The van der Waals surface area contributed by atoms with E-state index in [0.29, 0.717) is 6.04 Å². The molecule has 1 atom stereocenters. The van der Waals surface area contributed by atoms with E-state index in [1.54, 1.807) is 13.1 Å². The average molecular weight is 154 g/mol. The largest absolute Gasteiger partial charge is 0.387 e. The number of aliphatic hydroxyl groups excluding tert-OH is 1. The van der Waals surface area contributed by atoms with Crippen molar-refractivity contribution >= 4 is 0 Å². The van der Waals surface area contributed by atoms with Crippen LogP contribution in [0.25, 0.3) is 0 Å². The lowest BCUT2D eigenvalue weighted by atomic mass is 10.2. The van der Waals surface area contributed by atoms with Gasteiger partial charge in [0, 0.05) is 12.2 Å². The van der Waals surface area contributed by atoms with Crippen molar-refractivity contribution in [1.29, 1.82) is 0 Å². The van der Waals surface area contributed by atoms with Crippen LogP contribution >= 0.6 is 0 Å². The summed E-state index contributed by atoms with van der Waals surface area (Å²) in [5.41, 5.74) is 0.875. The van der Waals surface area contributed by atoms with Crippen LogP contribution in [0.2, 0.25) is 0 Å². The molecule has 1 heterocycles. The van der Waals surface area contributed by atoms with E-state index in [0.717, 1.165) is 5.69 Å². The minimum absolute atomic E-state index is 0.314. The zero-order valence-corrected chi connectivity index (χ0v) is 7.15. The van der Waals surface area contributed by atoms with Gasteiger partial charge in [-0.25, -0.2) is 0 Å². The molecule has 0 aliphatic carbocycles. The predicted molar refractivity (Wildman–Crippen MR) is 43.2 cm³/mol. The summed E-state index contributed by atoms with van der Waals surface area (Å²) in [4.78, 5) is 0. The fourth-order valence-electron chi connectivity index (χ4n) is 1.09. The van der Waals surface area contributed by atoms with Crippen molar-refractivity contribution in [3.8, 4) is 0 Å². The van der Waals surface area contributed by atoms with E-state index in [1.807, 2.05) is 24.6 Å². The van der Waals surface area contributed by atoms with Gasteiger partial charge < -0.3 is 5.11 Å². The van der Waals surface area contributed by atoms with E-state index in [4.69, 9.17) is 0 Å². The first kappa shape index (κ1) is 8.27. The van der Waals surface area contributed by atoms with Crippen molar-refractivity contribution in [2.45, 2.75) is 32.9 Å². The van der Waals surface area contributed by atoms with Crippen LogP contribution in [0.15, 0.2) is 12.3 Å². The number of hydrogen-bond donors (Lipinski definition) is 1.